The lowest BCUT2D eigenvalue weighted by Crippen LogP contribution is -2.58. The molecule has 0 radical (unpaired) electrons. The van der Waals surface area contributed by atoms with Gasteiger partial charge in [-0.3, -0.25) is 9.59 Å². The molecular weight excluding hydrogens is 523 g/mol. The lowest BCUT2D eigenvalue weighted by Gasteiger charge is -2.52. The minimum absolute atomic E-state index is 0.0799. The predicted molar refractivity (Wildman–Crippen MR) is 142 cm³/mol. The number of likely N-dealkylation sites (tertiary alicyclic amines) is 1. The molecule has 1 fully saturated rings. The molecule has 0 bridgehead atoms. The summed E-state index contributed by atoms with van der Waals surface area (Å²) in [5.41, 5.74) is 0.511. The van der Waals surface area contributed by atoms with Crippen molar-refractivity contribution in [3.63, 3.8) is 0 Å². The van der Waals surface area contributed by atoms with Crippen LogP contribution in [0.25, 0.3) is 0 Å². The number of carboxylic acid groups (broad SMARTS) is 1. The number of amides is 1. The summed E-state index contributed by atoms with van der Waals surface area (Å²) in [6.45, 7) is 3.65. The Hall–Kier alpha value is -2.13. The van der Waals surface area contributed by atoms with E-state index >= 15 is 0 Å². The number of aliphatic carboxylic acids is 1. The molecule has 4 atom stereocenters. The number of halogens is 2. The first-order valence-electron chi connectivity index (χ1n) is 11.7. The lowest BCUT2D eigenvalue weighted by atomic mass is 9.67. The zero-order valence-corrected chi connectivity index (χ0v) is 23.1. The SMILES string of the molecule is CC[C@@H](CN(C)S(C)(=O)=O)N1C(=O)[C@@](C)(CC(=O)O)C[C@H](c2cccc(Cl)c2)[C@H]1c1ccc(Cl)cc1. The molecule has 2 aromatic carbocycles. The third-order valence-corrected chi connectivity index (χ3v) is 8.80. The average molecular weight is 556 g/mol. The Kier molecular flexibility index (Phi) is 8.76. The van der Waals surface area contributed by atoms with E-state index in [2.05, 4.69) is 0 Å². The molecule has 3 rings (SSSR count). The van der Waals surface area contributed by atoms with Crippen LogP contribution in [0.1, 0.15) is 56.2 Å². The second-order valence-electron chi connectivity index (χ2n) is 9.81. The Balaban J connectivity index is 2.24. The van der Waals surface area contributed by atoms with Crippen LogP contribution in [0, 0.1) is 5.41 Å². The van der Waals surface area contributed by atoms with Gasteiger partial charge in [0.05, 0.1) is 24.1 Å². The van der Waals surface area contributed by atoms with Gasteiger partial charge in [-0.1, -0.05) is 61.3 Å². The molecule has 36 heavy (non-hydrogen) atoms. The third-order valence-electron chi connectivity index (χ3n) is 7.03. The van der Waals surface area contributed by atoms with Crippen LogP contribution in [0.15, 0.2) is 48.5 Å². The van der Waals surface area contributed by atoms with E-state index in [0.717, 1.165) is 17.4 Å². The van der Waals surface area contributed by atoms with Gasteiger partial charge in [-0.2, -0.15) is 0 Å². The Bertz CT molecular complexity index is 1220. The Morgan fingerprint density at radius 2 is 1.81 bits per heavy atom. The van der Waals surface area contributed by atoms with Crippen LogP contribution in [-0.2, 0) is 19.6 Å². The van der Waals surface area contributed by atoms with E-state index in [1.54, 1.807) is 30.0 Å². The number of benzene rings is 2. The molecule has 0 aromatic heterocycles. The minimum Gasteiger partial charge on any atom is -0.481 e. The Labute approximate surface area is 223 Å². The van der Waals surface area contributed by atoms with Gasteiger partial charge in [-0.05, 0) is 48.2 Å². The maximum Gasteiger partial charge on any atom is 0.304 e. The molecule has 10 heteroatoms. The Morgan fingerprint density at radius 3 is 2.33 bits per heavy atom. The molecule has 7 nitrogen and oxygen atoms in total. The number of piperidine rings is 1. The van der Waals surface area contributed by atoms with Gasteiger partial charge in [0.25, 0.3) is 0 Å². The number of likely N-dealkylation sites (N-methyl/N-ethyl adjacent to an activating group) is 1. The molecule has 1 saturated heterocycles. The van der Waals surface area contributed by atoms with Gasteiger partial charge in [-0.25, -0.2) is 12.7 Å². The highest BCUT2D eigenvalue weighted by atomic mass is 35.5. The standard InChI is InChI=1S/C26H32Cl2N2O5S/c1-5-21(16-29(3)36(4,34)35)30-24(17-9-11-19(27)12-10-17)22(18-7-6-8-20(28)13-18)14-26(2,25(30)33)15-23(31)32/h6-13,21-22,24H,5,14-16H2,1-4H3,(H,31,32)/t21-,22+,24+,26+/m0/s1. The zero-order chi connectivity index (χ0) is 26.8. The quantitative estimate of drug-likeness (QED) is 0.459. The summed E-state index contributed by atoms with van der Waals surface area (Å²) >= 11 is 12.5. The number of nitrogens with zero attached hydrogens (tertiary/aromatic N) is 2. The van der Waals surface area contributed by atoms with E-state index < -0.39 is 33.5 Å². The maximum atomic E-state index is 14.2. The molecule has 0 spiro atoms. The van der Waals surface area contributed by atoms with Gasteiger partial charge in [0.15, 0.2) is 0 Å². The number of rotatable bonds is 9. The highest BCUT2D eigenvalue weighted by Gasteiger charge is 2.52. The number of carbonyl (C=O) groups excluding carboxylic acids is 1. The second kappa shape index (κ2) is 11.1. The van der Waals surface area contributed by atoms with Crippen molar-refractivity contribution in [2.45, 2.75) is 51.1 Å². The third kappa shape index (κ3) is 6.22. The first-order valence-corrected chi connectivity index (χ1v) is 14.3. The number of carbonyl (C=O) groups is 2. The first kappa shape index (κ1) is 28.4. The van der Waals surface area contributed by atoms with Crippen molar-refractivity contribution < 1.29 is 23.1 Å². The van der Waals surface area contributed by atoms with Crippen molar-refractivity contribution in [3.8, 4) is 0 Å². The van der Waals surface area contributed by atoms with Crippen LogP contribution < -0.4 is 0 Å². The highest BCUT2D eigenvalue weighted by molar-refractivity contribution is 7.88. The van der Waals surface area contributed by atoms with Crippen molar-refractivity contribution in [1.29, 1.82) is 0 Å². The molecule has 0 saturated carbocycles. The van der Waals surface area contributed by atoms with Crippen molar-refractivity contribution in [2.75, 3.05) is 19.8 Å². The zero-order valence-electron chi connectivity index (χ0n) is 20.8. The van der Waals surface area contributed by atoms with Gasteiger partial charge >= 0.3 is 5.97 Å². The largest absolute Gasteiger partial charge is 0.481 e. The van der Waals surface area contributed by atoms with Gasteiger partial charge in [0, 0.05) is 35.6 Å². The normalized spacial score (nSPS) is 23.6. The lowest BCUT2D eigenvalue weighted by molar-refractivity contribution is -0.160. The van der Waals surface area contributed by atoms with Crippen molar-refractivity contribution in [2.24, 2.45) is 5.41 Å². The van der Waals surface area contributed by atoms with Crippen molar-refractivity contribution in [3.05, 3.63) is 69.7 Å². The molecule has 1 heterocycles. The van der Waals surface area contributed by atoms with Crippen LogP contribution in [-0.4, -0.2) is 60.5 Å². The van der Waals surface area contributed by atoms with Gasteiger partial charge < -0.3 is 10.0 Å². The van der Waals surface area contributed by atoms with E-state index in [-0.39, 0.29) is 24.8 Å². The Morgan fingerprint density at radius 1 is 1.17 bits per heavy atom. The van der Waals surface area contributed by atoms with E-state index in [9.17, 15) is 23.1 Å². The van der Waals surface area contributed by atoms with E-state index in [1.165, 1.54) is 11.4 Å². The number of carboxylic acids is 1. The smallest absolute Gasteiger partial charge is 0.304 e. The monoisotopic (exact) mass is 554 g/mol. The maximum absolute atomic E-state index is 14.2. The molecule has 1 aliphatic rings. The predicted octanol–water partition coefficient (Wildman–Crippen LogP) is 5.20. The average Bonchev–Trinajstić information content (AvgIpc) is 2.78. The summed E-state index contributed by atoms with van der Waals surface area (Å²) in [5.74, 6) is -1.66. The molecule has 2 aromatic rings. The minimum atomic E-state index is -3.50. The molecule has 0 aliphatic carbocycles. The number of hydrogen-bond acceptors (Lipinski definition) is 4. The van der Waals surface area contributed by atoms with E-state index in [4.69, 9.17) is 23.2 Å². The number of hydrogen-bond donors (Lipinski definition) is 1. The van der Waals surface area contributed by atoms with Crippen molar-refractivity contribution >= 4 is 45.1 Å². The number of sulfonamides is 1. The molecule has 1 N–H and O–H groups in total. The fraction of sp³-hybridized carbons (Fsp3) is 0.462. The fourth-order valence-electron chi connectivity index (χ4n) is 5.13. The van der Waals surface area contributed by atoms with Crippen LogP contribution in [0.4, 0.5) is 0 Å². The summed E-state index contributed by atoms with van der Waals surface area (Å²) < 4.78 is 25.7. The van der Waals surface area contributed by atoms with Gasteiger partial charge in [-0.15, -0.1) is 0 Å². The van der Waals surface area contributed by atoms with Crippen molar-refractivity contribution in [1.82, 2.24) is 9.21 Å². The van der Waals surface area contributed by atoms with Crippen LogP contribution in [0.3, 0.4) is 0 Å². The summed E-state index contributed by atoms with van der Waals surface area (Å²) in [6, 6.07) is 13.6. The summed E-state index contributed by atoms with van der Waals surface area (Å²) in [6.07, 6.45) is 1.55. The molecule has 1 amide bonds. The summed E-state index contributed by atoms with van der Waals surface area (Å²) in [7, 11) is -2.02. The van der Waals surface area contributed by atoms with E-state index in [0.29, 0.717) is 22.9 Å². The summed E-state index contributed by atoms with van der Waals surface area (Å²) in [5, 5.41) is 10.8. The molecular formula is C26H32Cl2N2O5S. The molecule has 0 unspecified atom stereocenters. The first-order chi connectivity index (χ1) is 16.8. The molecule has 196 valence electrons. The van der Waals surface area contributed by atoms with Gasteiger partial charge in [0.1, 0.15) is 0 Å². The van der Waals surface area contributed by atoms with Crippen LogP contribution in [0.2, 0.25) is 10.0 Å². The molecule has 1 aliphatic heterocycles. The topological polar surface area (TPSA) is 95.0 Å². The van der Waals surface area contributed by atoms with Crippen LogP contribution in [0.5, 0.6) is 0 Å². The second-order valence-corrected chi connectivity index (χ2v) is 12.8. The van der Waals surface area contributed by atoms with Crippen LogP contribution >= 0.6 is 23.2 Å². The highest BCUT2D eigenvalue weighted by Crippen LogP contribution is 2.52. The van der Waals surface area contributed by atoms with E-state index in [1.807, 2.05) is 37.3 Å². The van der Waals surface area contributed by atoms with Gasteiger partial charge in [0.2, 0.25) is 15.9 Å². The summed E-state index contributed by atoms with van der Waals surface area (Å²) in [4.78, 5) is 27.7. The fourth-order valence-corrected chi connectivity index (χ4v) is 5.89.